The van der Waals surface area contributed by atoms with Crippen LogP contribution < -0.4 is 5.32 Å². The molecule has 8 heteroatoms. The molecule has 0 aliphatic heterocycles. The maximum Gasteiger partial charge on any atom is 0.308 e. The van der Waals surface area contributed by atoms with Gasteiger partial charge in [-0.2, -0.15) is 0 Å². The first-order valence-electron chi connectivity index (χ1n) is 10.2. The number of hydrogen-bond donors (Lipinski definition) is 3. The third-order valence-corrected chi connectivity index (χ3v) is 6.14. The predicted octanol–water partition coefficient (Wildman–Crippen LogP) is 2.06. The van der Waals surface area contributed by atoms with Crippen LogP contribution in [0.5, 0.6) is 0 Å². The number of amides is 1. The summed E-state index contributed by atoms with van der Waals surface area (Å²) in [6, 6.07) is -0.152. The van der Waals surface area contributed by atoms with Gasteiger partial charge in [0.25, 0.3) is 0 Å². The Labute approximate surface area is 166 Å². The minimum atomic E-state index is -0.958. The Bertz CT molecular complexity index is 545. The summed E-state index contributed by atoms with van der Waals surface area (Å²) in [5.41, 5.74) is -0.705. The average Bonchev–Trinajstić information content (AvgIpc) is 3.14. The minimum absolute atomic E-state index is 0.0538. The molecule has 0 spiro atoms. The van der Waals surface area contributed by atoms with Crippen LogP contribution >= 0.6 is 0 Å². The molecular formula is C20H33NO7. The minimum Gasteiger partial charge on any atom is -0.481 e. The zero-order valence-corrected chi connectivity index (χ0v) is 16.7. The highest BCUT2D eigenvalue weighted by molar-refractivity contribution is 5.84. The molecule has 2 rings (SSSR count). The van der Waals surface area contributed by atoms with Crippen LogP contribution in [0.15, 0.2) is 0 Å². The topological polar surface area (TPSA) is 122 Å². The van der Waals surface area contributed by atoms with Gasteiger partial charge < -0.3 is 25.0 Å². The highest BCUT2D eigenvalue weighted by Crippen LogP contribution is 2.44. The Morgan fingerprint density at radius 3 is 2.43 bits per heavy atom. The number of carbonyl (C=O) groups is 3. The third-order valence-electron chi connectivity index (χ3n) is 6.14. The van der Waals surface area contributed by atoms with Gasteiger partial charge in [0, 0.05) is 13.2 Å². The van der Waals surface area contributed by atoms with Crippen LogP contribution in [0.1, 0.15) is 57.8 Å². The van der Waals surface area contributed by atoms with Crippen molar-refractivity contribution < 1.29 is 34.1 Å². The number of carboxylic acid groups (broad SMARTS) is 2. The Morgan fingerprint density at radius 1 is 1.11 bits per heavy atom. The van der Waals surface area contributed by atoms with Gasteiger partial charge in [0.1, 0.15) is 0 Å². The number of ether oxygens (including phenoxy) is 2. The highest BCUT2D eigenvalue weighted by Gasteiger charge is 2.45. The number of carboxylic acids is 2. The molecule has 0 aromatic rings. The molecule has 28 heavy (non-hydrogen) atoms. The molecule has 2 aliphatic rings. The first-order chi connectivity index (χ1) is 13.4. The van der Waals surface area contributed by atoms with E-state index >= 15 is 0 Å². The largest absolute Gasteiger partial charge is 0.481 e. The standard InChI is InChI=1S/C20H33NO7/c1-27-9-10-28-13-15(18(24)25)12-20(7-2-3-8-20)19(26)21-16-6-4-5-14(11-16)17(22)23/h14-16H,2-13H2,1H3,(H,21,26)(H,22,23)(H,24,25)/t14-,15?,16+/m1/s1. The Kier molecular flexibility index (Phi) is 8.69. The number of carbonyl (C=O) groups excluding carboxylic acids is 1. The molecule has 1 amide bonds. The van der Waals surface area contributed by atoms with Gasteiger partial charge in [0.05, 0.1) is 37.1 Å². The predicted molar refractivity (Wildman–Crippen MR) is 101 cm³/mol. The van der Waals surface area contributed by atoms with Crippen LogP contribution in [0, 0.1) is 17.3 Å². The van der Waals surface area contributed by atoms with Gasteiger partial charge in [-0.1, -0.05) is 19.3 Å². The van der Waals surface area contributed by atoms with Crippen molar-refractivity contribution in [3.05, 3.63) is 0 Å². The SMILES string of the molecule is COCCOCC(CC1(C(=O)N[C@H]2CCC[C@@H](C(=O)O)C2)CCCC1)C(=O)O. The van der Waals surface area contributed by atoms with E-state index in [4.69, 9.17) is 9.47 Å². The molecule has 0 aromatic carbocycles. The van der Waals surface area contributed by atoms with Crippen LogP contribution in [0.2, 0.25) is 0 Å². The van der Waals surface area contributed by atoms with Gasteiger partial charge in [0.15, 0.2) is 0 Å². The monoisotopic (exact) mass is 399 g/mol. The zero-order valence-electron chi connectivity index (χ0n) is 16.7. The van der Waals surface area contributed by atoms with Crippen molar-refractivity contribution >= 4 is 17.8 Å². The fraction of sp³-hybridized carbons (Fsp3) is 0.850. The fourth-order valence-corrected chi connectivity index (χ4v) is 4.52. The van der Waals surface area contributed by atoms with Crippen molar-refractivity contribution in [3.63, 3.8) is 0 Å². The van der Waals surface area contributed by atoms with E-state index in [0.29, 0.717) is 38.9 Å². The van der Waals surface area contributed by atoms with Crippen LogP contribution in [0.25, 0.3) is 0 Å². The average molecular weight is 399 g/mol. The summed E-state index contributed by atoms with van der Waals surface area (Å²) in [7, 11) is 1.55. The number of methoxy groups -OCH3 is 1. The number of rotatable bonds is 11. The normalized spacial score (nSPS) is 25.2. The summed E-state index contributed by atoms with van der Waals surface area (Å²) >= 11 is 0. The molecule has 0 bridgehead atoms. The molecule has 2 saturated carbocycles. The van der Waals surface area contributed by atoms with E-state index in [-0.39, 0.29) is 25.0 Å². The van der Waals surface area contributed by atoms with E-state index < -0.39 is 29.2 Å². The maximum absolute atomic E-state index is 13.1. The molecule has 0 aromatic heterocycles. The smallest absolute Gasteiger partial charge is 0.308 e. The fourth-order valence-electron chi connectivity index (χ4n) is 4.52. The first-order valence-corrected chi connectivity index (χ1v) is 10.2. The Morgan fingerprint density at radius 2 is 1.82 bits per heavy atom. The van der Waals surface area contributed by atoms with E-state index in [1.165, 1.54) is 0 Å². The summed E-state index contributed by atoms with van der Waals surface area (Å²) in [5.74, 6) is -3.06. The van der Waals surface area contributed by atoms with Crippen molar-refractivity contribution in [1.82, 2.24) is 5.32 Å². The number of hydrogen-bond acceptors (Lipinski definition) is 5. The molecule has 0 radical (unpaired) electrons. The second-order valence-electron chi connectivity index (χ2n) is 8.17. The lowest BCUT2D eigenvalue weighted by Gasteiger charge is -2.34. The van der Waals surface area contributed by atoms with Gasteiger partial charge in [-0.3, -0.25) is 14.4 Å². The molecule has 3 atom stereocenters. The molecule has 2 aliphatic carbocycles. The van der Waals surface area contributed by atoms with Gasteiger partial charge in [-0.25, -0.2) is 0 Å². The van der Waals surface area contributed by atoms with Crippen LogP contribution in [0.4, 0.5) is 0 Å². The first kappa shape index (κ1) is 22.6. The van der Waals surface area contributed by atoms with Crippen molar-refractivity contribution in [2.24, 2.45) is 17.3 Å². The number of aliphatic carboxylic acids is 2. The number of nitrogens with one attached hydrogen (secondary N) is 1. The summed E-state index contributed by atoms with van der Waals surface area (Å²) < 4.78 is 10.3. The molecule has 3 N–H and O–H groups in total. The van der Waals surface area contributed by atoms with Gasteiger partial charge >= 0.3 is 11.9 Å². The lowest BCUT2D eigenvalue weighted by Crippen LogP contribution is -2.48. The lowest BCUT2D eigenvalue weighted by molar-refractivity contribution is -0.148. The van der Waals surface area contributed by atoms with E-state index in [1.54, 1.807) is 7.11 Å². The summed E-state index contributed by atoms with van der Waals surface area (Å²) in [5, 5.41) is 21.9. The van der Waals surface area contributed by atoms with Gasteiger partial charge in [-0.05, 0) is 38.5 Å². The van der Waals surface area contributed by atoms with E-state index in [9.17, 15) is 24.6 Å². The highest BCUT2D eigenvalue weighted by atomic mass is 16.5. The molecule has 160 valence electrons. The second kappa shape index (κ2) is 10.8. The van der Waals surface area contributed by atoms with Gasteiger partial charge in [-0.15, -0.1) is 0 Å². The van der Waals surface area contributed by atoms with Crippen molar-refractivity contribution in [2.45, 2.75) is 63.8 Å². The zero-order chi connectivity index (χ0) is 20.6. The van der Waals surface area contributed by atoms with Crippen molar-refractivity contribution in [3.8, 4) is 0 Å². The lowest BCUT2D eigenvalue weighted by atomic mass is 9.76. The molecular weight excluding hydrogens is 366 g/mol. The van der Waals surface area contributed by atoms with E-state index in [1.807, 2.05) is 0 Å². The van der Waals surface area contributed by atoms with Crippen molar-refractivity contribution in [2.75, 3.05) is 26.9 Å². The van der Waals surface area contributed by atoms with E-state index in [0.717, 1.165) is 25.7 Å². The maximum atomic E-state index is 13.1. The van der Waals surface area contributed by atoms with E-state index in [2.05, 4.69) is 5.32 Å². The van der Waals surface area contributed by atoms with Crippen LogP contribution in [0.3, 0.4) is 0 Å². The van der Waals surface area contributed by atoms with Gasteiger partial charge in [0.2, 0.25) is 5.91 Å². The molecule has 2 fully saturated rings. The molecule has 1 unspecified atom stereocenters. The van der Waals surface area contributed by atoms with Crippen LogP contribution in [-0.2, 0) is 23.9 Å². The van der Waals surface area contributed by atoms with Crippen molar-refractivity contribution in [1.29, 1.82) is 0 Å². The summed E-state index contributed by atoms with van der Waals surface area (Å²) in [6.07, 6.45) is 6.00. The Balaban J connectivity index is 1.99. The second-order valence-corrected chi connectivity index (χ2v) is 8.17. The van der Waals surface area contributed by atoms with Crippen LogP contribution in [-0.4, -0.2) is 61.0 Å². The third kappa shape index (κ3) is 6.17. The molecule has 8 nitrogen and oxygen atoms in total. The molecule has 0 saturated heterocycles. The summed E-state index contributed by atoms with van der Waals surface area (Å²) in [6.45, 7) is 0.765. The Hall–Kier alpha value is -1.67. The summed E-state index contributed by atoms with van der Waals surface area (Å²) in [4.78, 5) is 36.1. The quantitative estimate of drug-likeness (QED) is 0.455. The molecule has 0 heterocycles.